The van der Waals surface area contributed by atoms with E-state index >= 15 is 0 Å². The van der Waals surface area contributed by atoms with Crippen molar-refractivity contribution in [2.24, 2.45) is 0 Å². The Bertz CT molecular complexity index is 956. The fourth-order valence-corrected chi connectivity index (χ4v) is 4.24. The Labute approximate surface area is 172 Å². The molecule has 0 aliphatic carbocycles. The molecule has 13 nitrogen and oxygen atoms in total. The maximum Gasteiger partial charge on any atom is 0.352 e. The molecule has 0 radical (unpaired) electrons. The van der Waals surface area contributed by atoms with Crippen LogP contribution in [0.4, 0.5) is 0 Å². The topological polar surface area (TPSA) is 189 Å². The van der Waals surface area contributed by atoms with Gasteiger partial charge in [-0.2, -0.15) is 4.98 Å². The number of aromatic nitrogens is 2. The molecule has 3 rings (SSSR count). The average Bonchev–Trinajstić information content (AvgIpc) is 3.09. The minimum Gasteiger partial charge on any atom is -0.481 e. The lowest BCUT2D eigenvalue weighted by Gasteiger charge is -2.49. The molecule has 1 aromatic rings. The number of carboxylic acids is 2. The highest BCUT2D eigenvalue weighted by molar-refractivity contribution is 8.00. The lowest BCUT2D eigenvalue weighted by Crippen LogP contribution is -2.70. The maximum atomic E-state index is 12.5. The number of carbonyl (C=O) groups excluding carboxylic acids is 3. The fourth-order valence-electron chi connectivity index (χ4n) is 2.91. The molecule has 2 atom stereocenters. The summed E-state index contributed by atoms with van der Waals surface area (Å²) in [5.41, 5.74) is 0.0274. The largest absolute Gasteiger partial charge is 0.481 e. The molecule has 14 heteroatoms. The summed E-state index contributed by atoms with van der Waals surface area (Å²) in [4.78, 5) is 62.8. The zero-order valence-electron chi connectivity index (χ0n) is 15.5. The number of fused-ring (bicyclic) bond motifs is 1. The second-order valence-electron chi connectivity index (χ2n) is 6.34. The number of ether oxygens (including phenoxy) is 1. The van der Waals surface area contributed by atoms with Crippen LogP contribution in [-0.2, 0) is 41.6 Å². The van der Waals surface area contributed by atoms with Crippen molar-refractivity contribution in [3.05, 3.63) is 23.0 Å². The van der Waals surface area contributed by atoms with Crippen LogP contribution in [0.25, 0.3) is 0 Å². The SMILES string of the molecule is CC(=O)OCC1=C(C(=O)O)N2C(=O)C(NC(=O)Cc3nc(CC(=O)O)no3)[C@H]2SC1. The molecule has 2 aliphatic heterocycles. The van der Waals surface area contributed by atoms with Gasteiger partial charge in [0.25, 0.3) is 5.91 Å². The predicted octanol–water partition coefficient (Wildman–Crippen LogP) is -1.46. The highest BCUT2D eigenvalue weighted by Crippen LogP contribution is 2.40. The number of thioether (sulfide) groups is 1. The van der Waals surface area contributed by atoms with Gasteiger partial charge in [-0.15, -0.1) is 11.8 Å². The summed E-state index contributed by atoms with van der Waals surface area (Å²) in [5.74, 6) is -4.30. The normalized spacial score (nSPS) is 20.3. The van der Waals surface area contributed by atoms with E-state index in [9.17, 15) is 29.1 Å². The number of amides is 2. The van der Waals surface area contributed by atoms with Crippen molar-refractivity contribution in [3.63, 3.8) is 0 Å². The molecule has 160 valence electrons. The Morgan fingerprint density at radius 3 is 2.67 bits per heavy atom. The van der Waals surface area contributed by atoms with E-state index in [0.717, 1.165) is 4.90 Å². The van der Waals surface area contributed by atoms with Crippen LogP contribution in [0.2, 0.25) is 0 Å². The van der Waals surface area contributed by atoms with Gasteiger partial charge in [0.1, 0.15) is 36.6 Å². The smallest absolute Gasteiger partial charge is 0.352 e. The summed E-state index contributed by atoms with van der Waals surface area (Å²) in [6.07, 6.45) is -0.826. The van der Waals surface area contributed by atoms with Crippen LogP contribution in [0, 0.1) is 0 Å². The summed E-state index contributed by atoms with van der Waals surface area (Å²) in [6, 6.07) is -0.950. The summed E-state index contributed by atoms with van der Waals surface area (Å²) < 4.78 is 9.65. The van der Waals surface area contributed by atoms with Crippen LogP contribution >= 0.6 is 11.8 Å². The first-order valence-corrected chi connectivity index (χ1v) is 9.58. The average molecular weight is 440 g/mol. The quantitative estimate of drug-likeness (QED) is 0.315. The number of β-lactam (4-membered cyclic amide) rings is 1. The second-order valence-corrected chi connectivity index (χ2v) is 7.45. The first kappa shape index (κ1) is 21.3. The van der Waals surface area contributed by atoms with Gasteiger partial charge in [0.05, 0.1) is 0 Å². The first-order chi connectivity index (χ1) is 14.2. The number of nitrogens with zero attached hydrogens (tertiary/aromatic N) is 3. The van der Waals surface area contributed by atoms with Crippen LogP contribution < -0.4 is 5.32 Å². The molecule has 30 heavy (non-hydrogen) atoms. The van der Waals surface area contributed by atoms with Gasteiger partial charge in [0.15, 0.2) is 5.82 Å². The molecule has 0 bridgehead atoms. The molecule has 1 aromatic heterocycles. The van der Waals surface area contributed by atoms with Gasteiger partial charge >= 0.3 is 17.9 Å². The third kappa shape index (κ3) is 4.42. The molecular formula is C16H16N4O9S. The van der Waals surface area contributed by atoms with Crippen molar-refractivity contribution < 1.29 is 43.4 Å². The number of esters is 1. The van der Waals surface area contributed by atoms with Crippen LogP contribution in [0.3, 0.4) is 0 Å². The molecule has 2 amide bonds. The van der Waals surface area contributed by atoms with Crippen LogP contribution in [0.1, 0.15) is 18.6 Å². The van der Waals surface area contributed by atoms with E-state index in [4.69, 9.17) is 14.4 Å². The van der Waals surface area contributed by atoms with E-state index in [1.165, 1.54) is 18.7 Å². The summed E-state index contributed by atoms with van der Waals surface area (Å²) in [6.45, 7) is 0.946. The second kappa shape index (κ2) is 8.52. The number of hydrogen-bond acceptors (Lipinski definition) is 10. The van der Waals surface area contributed by atoms with Crippen molar-refractivity contribution >= 4 is 41.5 Å². The maximum absolute atomic E-state index is 12.5. The van der Waals surface area contributed by atoms with E-state index < -0.39 is 47.6 Å². The Morgan fingerprint density at radius 1 is 1.30 bits per heavy atom. The molecule has 0 aromatic carbocycles. The van der Waals surface area contributed by atoms with Crippen molar-refractivity contribution in [1.82, 2.24) is 20.4 Å². The van der Waals surface area contributed by atoms with Gasteiger partial charge < -0.3 is 24.8 Å². The molecular weight excluding hydrogens is 424 g/mol. The molecule has 1 unspecified atom stereocenters. The van der Waals surface area contributed by atoms with Crippen LogP contribution in [0.15, 0.2) is 15.8 Å². The number of nitrogens with one attached hydrogen (secondary N) is 1. The monoisotopic (exact) mass is 440 g/mol. The van der Waals surface area contributed by atoms with Crippen molar-refractivity contribution in [1.29, 1.82) is 0 Å². The fraction of sp³-hybridized carbons (Fsp3) is 0.438. The van der Waals surface area contributed by atoms with Crippen LogP contribution in [-0.4, -0.2) is 78.8 Å². The molecule has 1 fully saturated rings. The third-order valence-corrected chi connectivity index (χ3v) is 5.49. The molecule has 3 N–H and O–H groups in total. The lowest BCUT2D eigenvalue weighted by atomic mass is 10.0. The zero-order chi connectivity index (χ0) is 22.0. The Morgan fingerprint density at radius 2 is 2.03 bits per heavy atom. The Hall–Kier alpha value is -3.42. The van der Waals surface area contributed by atoms with Gasteiger partial charge in [-0.3, -0.25) is 24.1 Å². The van der Waals surface area contributed by atoms with E-state index in [2.05, 4.69) is 15.5 Å². The zero-order valence-corrected chi connectivity index (χ0v) is 16.3. The predicted molar refractivity (Wildman–Crippen MR) is 95.7 cm³/mol. The van der Waals surface area contributed by atoms with Gasteiger partial charge in [0.2, 0.25) is 11.8 Å². The third-order valence-electron chi connectivity index (χ3n) is 4.15. The summed E-state index contributed by atoms with van der Waals surface area (Å²) in [5, 5.41) is 23.5. The number of carboxylic acid groups (broad SMARTS) is 2. The van der Waals surface area contributed by atoms with Crippen LogP contribution in [0.5, 0.6) is 0 Å². The van der Waals surface area contributed by atoms with Gasteiger partial charge in [-0.05, 0) is 0 Å². The summed E-state index contributed by atoms with van der Waals surface area (Å²) in [7, 11) is 0. The number of carbonyl (C=O) groups is 5. The van der Waals surface area contributed by atoms with E-state index in [1.54, 1.807) is 0 Å². The number of hydrogen-bond donors (Lipinski definition) is 3. The minimum absolute atomic E-state index is 0.0874. The minimum atomic E-state index is -1.34. The molecule has 0 saturated carbocycles. The molecule has 0 spiro atoms. The number of rotatable bonds is 8. The standard InChI is InChI=1S/C16H16N4O9S/c1-6(21)28-4-7-5-30-15-12(14(25)20(15)13(7)16(26)27)18-9(22)3-10-17-8(19-29-10)2-11(23)24/h12,15H,2-5H2,1H3,(H,18,22)(H,23,24)(H,26,27)/t12?,15-/m1/s1. The van der Waals surface area contributed by atoms with E-state index in [1.807, 2.05) is 0 Å². The lowest BCUT2D eigenvalue weighted by molar-refractivity contribution is -0.151. The van der Waals surface area contributed by atoms with Gasteiger partial charge in [-0.1, -0.05) is 5.16 Å². The first-order valence-electron chi connectivity index (χ1n) is 8.53. The highest BCUT2D eigenvalue weighted by Gasteiger charge is 2.54. The van der Waals surface area contributed by atoms with Gasteiger partial charge in [0, 0.05) is 18.2 Å². The van der Waals surface area contributed by atoms with Gasteiger partial charge in [-0.25, -0.2) is 4.79 Å². The Kier molecular flexibility index (Phi) is 6.05. The van der Waals surface area contributed by atoms with E-state index in [-0.39, 0.29) is 41.8 Å². The molecule has 2 aliphatic rings. The Balaban J connectivity index is 1.64. The molecule has 1 saturated heterocycles. The van der Waals surface area contributed by atoms with E-state index in [0.29, 0.717) is 0 Å². The highest BCUT2D eigenvalue weighted by atomic mass is 32.2. The van der Waals surface area contributed by atoms with Crippen molar-refractivity contribution in [2.75, 3.05) is 12.4 Å². The summed E-state index contributed by atoms with van der Waals surface area (Å²) >= 11 is 1.23. The van der Waals surface area contributed by atoms with Crippen molar-refractivity contribution in [3.8, 4) is 0 Å². The number of aliphatic carboxylic acids is 2. The van der Waals surface area contributed by atoms with Crippen molar-refractivity contribution in [2.45, 2.75) is 31.2 Å². The molecule has 3 heterocycles.